The zero-order chi connectivity index (χ0) is 15.7. The van der Waals surface area contributed by atoms with Crippen molar-refractivity contribution in [2.45, 2.75) is 19.4 Å². The maximum atomic E-state index is 11.8. The number of esters is 1. The highest BCUT2D eigenvalue weighted by Crippen LogP contribution is 2.05. The van der Waals surface area contributed by atoms with Gasteiger partial charge < -0.3 is 10.1 Å². The van der Waals surface area contributed by atoms with Crippen LogP contribution in [-0.2, 0) is 25.5 Å². The van der Waals surface area contributed by atoms with Crippen molar-refractivity contribution >= 4 is 29.4 Å². The molecule has 0 fully saturated rings. The first-order valence-corrected chi connectivity index (χ1v) is 7.66. The van der Waals surface area contributed by atoms with E-state index in [0.29, 0.717) is 6.42 Å². The summed E-state index contributed by atoms with van der Waals surface area (Å²) in [5, 5.41) is 2.70. The molecule has 114 valence electrons. The number of benzene rings is 1. The van der Waals surface area contributed by atoms with Crippen LogP contribution in [0.25, 0.3) is 0 Å². The highest BCUT2D eigenvalue weighted by molar-refractivity contribution is 8.00. The summed E-state index contributed by atoms with van der Waals surface area (Å²) in [7, 11) is 1.30. The zero-order valence-corrected chi connectivity index (χ0v) is 12.9. The van der Waals surface area contributed by atoms with E-state index in [-0.39, 0.29) is 29.2 Å². The second kappa shape index (κ2) is 9.18. The molecule has 1 N–H and O–H groups in total. The van der Waals surface area contributed by atoms with Crippen LogP contribution in [0.4, 0.5) is 0 Å². The molecule has 1 rings (SSSR count). The smallest absolute Gasteiger partial charge is 0.315 e. The number of hydrogen-bond acceptors (Lipinski definition) is 5. The Balaban J connectivity index is 2.45. The molecule has 5 nitrogen and oxygen atoms in total. The summed E-state index contributed by atoms with van der Waals surface area (Å²) in [6, 6.07) is 8.95. The summed E-state index contributed by atoms with van der Waals surface area (Å²) in [5.41, 5.74) is 0.986. The van der Waals surface area contributed by atoms with E-state index in [1.54, 1.807) is 0 Å². The van der Waals surface area contributed by atoms with Crippen molar-refractivity contribution in [1.29, 1.82) is 0 Å². The minimum absolute atomic E-state index is 0.0924. The van der Waals surface area contributed by atoms with Crippen LogP contribution in [0.15, 0.2) is 30.3 Å². The van der Waals surface area contributed by atoms with Crippen molar-refractivity contribution in [2.24, 2.45) is 0 Å². The van der Waals surface area contributed by atoms with E-state index in [9.17, 15) is 14.4 Å². The molecule has 1 aromatic rings. The van der Waals surface area contributed by atoms with Gasteiger partial charge in [-0.3, -0.25) is 14.4 Å². The molecule has 0 aromatic heterocycles. The van der Waals surface area contributed by atoms with Crippen molar-refractivity contribution in [2.75, 3.05) is 18.6 Å². The Hall–Kier alpha value is -1.82. The Bertz CT molecular complexity index is 490. The molecule has 0 spiro atoms. The Kier molecular flexibility index (Phi) is 7.53. The summed E-state index contributed by atoms with van der Waals surface area (Å²) in [4.78, 5) is 34.3. The molecule has 1 amide bonds. The molecule has 0 aliphatic heterocycles. The van der Waals surface area contributed by atoms with Crippen molar-refractivity contribution in [3.8, 4) is 0 Å². The molecule has 0 aliphatic carbocycles. The Morgan fingerprint density at radius 1 is 1.19 bits per heavy atom. The van der Waals surface area contributed by atoms with Gasteiger partial charge in [-0.05, 0) is 18.9 Å². The van der Waals surface area contributed by atoms with Gasteiger partial charge in [-0.1, -0.05) is 30.3 Å². The van der Waals surface area contributed by atoms with Crippen LogP contribution in [0, 0.1) is 0 Å². The fraction of sp³-hybridized carbons (Fsp3) is 0.400. The molecule has 1 atom stereocenters. The second-order valence-electron chi connectivity index (χ2n) is 4.49. The number of Topliss-reactive ketones (excluding diaryl/α,β-unsaturated/α-hetero) is 1. The molecule has 0 bridgehead atoms. The number of rotatable bonds is 8. The number of thioether (sulfide) groups is 1. The third-order valence-corrected chi connectivity index (χ3v) is 3.70. The fourth-order valence-corrected chi connectivity index (χ4v) is 2.32. The first-order valence-electron chi connectivity index (χ1n) is 6.51. The van der Waals surface area contributed by atoms with Crippen molar-refractivity contribution < 1.29 is 19.1 Å². The van der Waals surface area contributed by atoms with Crippen LogP contribution in [0.5, 0.6) is 0 Å². The number of nitrogens with one attached hydrogen (secondary N) is 1. The first-order chi connectivity index (χ1) is 10.0. The third kappa shape index (κ3) is 6.94. The highest BCUT2D eigenvalue weighted by Gasteiger charge is 2.17. The molecule has 1 unspecified atom stereocenters. The lowest BCUT2D eigenvalue weighted by atomic mass is 10.0. The van der Waals surface area contributed by atoms with Gasteiger partial charge in [0.05, 0.1) is 24.7 Å². The van der Waals surface area contributed by atoms with Crippen molar-refractivity contribution in [3.63, 3.8) is 0 Å². The van der Waals surface area contributed by atoms with Gasteiger partial charge in [-0.25, -0.2) is 0 Å². The van der Waals surface area contributed by atoms with Gasteiger partial charge in [-0.2, -0.15) is 0 Å². The summed E-state index contributed by atoms with van der Waals surface area (Å²) in [5.74, 6) is -0.494. The van der Waals surface area contributed by atoms with Crippen LogP contribution < -0.4 is 5.32 Å². The monoisotopic (exact) mass is 309 g/mol. The highest BCUT2D eigenvalue weighted by atomic mass is 32.2. The molecule has 0 saturated heterocycles. The summed E-state index contributed by atoms with van der Waals surface area (Å²) >= 11 is 1.16. The lowest BCUT2D eigenvalue weighted by Gasteiger charge is -2.16. The molecule has 0 saturated carbocycles. The van der Waals surface area contributed by atoms with E-state index in [1.807, 2.05) is 30.3 Å². The Labute approximate surface area is 128 Å². The Morgan fingerprint density at radius 2 is 1.86 bits per heavy atom. The molecule has 0 heterocycles. The third-order valence-electron chi connectivity index (χ3n) is 2.79. The van der Waals surface area contributed by atoms with E-state index in [4.69, 9.17) is 0 Å². The van der Waals surface area contributed by atoms with E-state index in [0.717, 1.165) is 17.3 Å². The predicted molar refractivity (Wildman–Crippen MR) is 82.1 cm³/mol. The zero-order valence-electron chi connectivity index (χ0n) is 12.1. The number of carbonyl (C=O) groups is 3. The lowest BCUT2D eigenvalue weighted by molar-refractivity contribution is -0.137. The van der Waals surface area contributed by atoms with E-state index < -0.39 is 6.04 Å². The topological polar surface area (TPSA) is 72.5 Å². The van der Waals surface area contributed by atoms with E-state index in [1.165, 1.54) is 14.0 Å². The number of ketones is 1. The van der Waals surface area contributed by atoms with Crippen LogP contribution in [0.2, 0.25) is 0 Å². The minimum Gasteiger partial charge on any atom is -0.468 e. The normalized spacial score (nSPS) is 11.5. The van der Waals surface area contributed by atoms with Gasteiger partial charge in [0, 0.05) is 0 Å². The molecule has 0 aliphatic rings. The van der Waals surface area contributed by atoms with Crippen LogP contribution in [0.3, 0.4) is 0 Å². The second-order valence-corrected chi connectivity index (χ2v) is 5.48. The quantitative estimate of drug-likeness (QED) is 0.731. The number of amides is 1. The lowest BCUT2D eigenvalue weighted by Crippen LogP contribution is -2.42. The largest absolute Gasteiger partial charge is 0.468 e. The van der Waals surface area contributed by atoms with Crippen LogP contribution in [0.1, 0.15) is 12.5 Å². The first kappa shape index (κ1) is 17.2. The molecular weight excluding hydrogens is 290 g/mol. The number of hydrogen-bond donors (Lipinski definition) is 1. The fourth-order valence-electron chi connectivity index (χ4n) is 1.67. The maximum Gasteiger partial charge on any atom is 0.315 e. The number of ether oxygens (including phenoxy) is 1. The molecule has 21 heavy (non-hydrogen) atoms. The minimum atomic E-state index is -0.543. The van der Waals surface area contributed by atoms with Gasteiger partial charge >= 0.3 is 5.97 Å². The Morgan fingerprint density at radius 3 is 2.43 bits per heavy atom. The average molecular weight is 309 g/mol. The molecule has 6 heteroatoms. The molecule has 1 aromatic carbocycles. The van der Waals surface area contributed by atoms with Crippen LogP contribution >= 0.6 is 11.8 Å². The van der Waals surface area contributed by atoms with E-state index >= 15 is 0 Å². The standard InChI is InChI=1S/C15H19NO4S/c1-11(17)13(8-12-6-4-3-5-7-12)16-14(18)9-21-10-15(19)20-2/h3-7,13H,8-10H2,1-2H3,(H,16,18). The average Bonchev–Trinajstić information content (AvgIpc) is 2.47. The summed E-state index contributed by atoms with van der Waals surface area (Å²) in [6.45, 7) is 1.45. The van der Waals surface area contributed by atoms with Gasteiger partial charge in [0.2, 0.25) is 5.91 Å². The van der Waals surface area contributed by atoms with Gasteiger partial charge in [0.15, 0.2) is 5.78 Å². The molecule has 0 radical (unpaired) electrons. The van der Waals surface area contributed by atoms with Gasteiger partial charge in [0.25, 0.3) is 0 Å². The van der Waals surface area contributed by atoms with Crippen molar-refractivity contribution in [1.82, 2.24) is 5.32 Å². The number of carbonyl (C=O) groups excluding carboxylic acids is 3. The van der Waals surface area contributed by atoms with Gasteiger partial charge in [0.1, 0.15) is 0 Å². The molecular formula is C15H19NO4S. The predicted octanol–water partition coefficient (Wildman–Crippen LogP) is 1.21. The van der Waals surface area contributed by atoms with E-state index in [2.05, 4.69) is 10.1 Å². The van der Waals surface area contributed by atoms with Crippen LogP contribution in [-0.4, -0.2) is 42.3 Å². The SMILES string of the molecule is COC(=O)CSCC(=O)NC(Cc1ccccc1)C(C)=O. The summed E-state index contributed by atoms with van der Waals surface area (Å²) in [6.07, 6.45) is 0.462. The number of methoxy groups -OCH3 is 1. The van der Waals surface area contributed by atoms with Crippen molar-refractivity contribution in [3.05, 3.63) is 35.9 Å². The maximum absolute atomic E-state index is 11.8. The summed E-state index contributed by atoms with van der Waals surface area (Å²) < 4.78 is 4.48. The van der Waals surface area contributed by atoms with Gasteiger partial charge in [-0.15, -0.1) is 11.8 Å².